The van der Waals surface area contributed by atoms with Crippen LogP contribution in [-0.4, -0.2) is 34.8 Å². The summed E-state index contributed by atoms with van der Waals surface area (Å²) in [6.45, 7) is 1.64. The SMILES string of the molecule is O=C(NCc1ccccc1)C1CC(=O)N(CCc2c[nH]c3ccccc23)C1. The number of nitrogens with zero attached hydrogens (tertiary/aromatic N) is 1. The fourth-order valence-electron chi connectivity index (χ4n) is 3.69. The van der Waals surface area contributed by atoms with Crippen LogP contribution >= 0.6 is 0 Å². The first-order valence-corrected chi connectivity index (χ1v) is 9.35. The minimum atomic E-state index is -0.260. The molecule has 5 heteroatoms. The molecule has 0 radical (unpaired) electrons. The lowest BCUT2D eigenvalue weighted by molar-refractivity contribution is -0.129. The topological polar surface area (TPSA) is 65.2 Å². The summed E-state index contributed by atoms with van der Waals surface area (Å²) in [6, 6.07) is 18.0. The Labute approximate surface area is 158 Å². The highest BCUT2D eigenvalue weighted by molar-refractivity contribution is 5.89. The zero-order valence-corrected chi connectivity index (χ0v) is 15.2. The average molecular weight is 361 g/mol. The molecule has 27 heavy (non-hydrogen) atoms. The van der Waals surface area contributed by atoms with Crippen LogP contribution in [0.5, 0.6) is 0 Å². The number of carbonyl (C=O) groups is 2. The molecule has 1 saturated heterocycles. The van der Waals surface area contributed by atoms with E-state index < -0.39 is 0 Å². The summed E-state index contributed by atoms with van der Waals surface area (Å²) in [5, 5.41) is 4.15. The quantitative estimate of drug-likeness (QED) is 0.709. The Bertz CT molecular complexity index is 948. The number of carbonyl (C=O) groups excluding carboxylic acids is 2. The van der Waals surface area contributed by atoms with Crippen molar-refractivity contribution in [1.82, 2.24) is 15.2 Å². The fourth-order valence-corrected chi connectivity index (χ4v) is 3.69. The van der Waals surface area contributed by atoms with Crippen molar-refractivity contribution in [1.29, 1.82) is 0 Å². The van der Waals surface area contributed by atoms with E-state index in [0.717, 1.165) is 17.5 Å². The van der Waals surface area contributed by atoms with E-state index in [0.29, 0.717) is 26.1 Å². The number of hydrogen-bond donors (Lipinski definition) is 2. The Hall–Kier alpha value is -3.08. The Kier molecular flexibility index (Phi) is 4.92. The molecule has 1 unspecified atom stereocenters. The van der Waals surface area contributed by atoms with Gasteiger partial charge in [-0.2, -0.15) is 0 Å². The molecular weight excluding hydrogens is 338 g/mol. The van der Waals surface area contributed by atoms with Gasteiger partial charge in [-0.3, -0.25) is 9.59 Å². The zero-order valence-electron chi connectivity index (χ0n) is 15.2. The number of hydrogen-bond acceptors (Lipinski definition) is 2. The van der Waals surface area contributed by atoms with Gasteiger partial charge in [-0.05, 0) is 23.6 Å². The van der Waals surface area contributed by atoms with Gasteiger partial charge in [0, 0.05) is 43.2 Å². The number of nitrogens with one attached hydrogen (secondary N) is 2. The highest BCUT2D eigenvalue weighted by atomic mass is 16.2. The standard InChI is InChI=1S/C22H23N3O2/c26-21-12-18(22(27)24-13-16-6-2-1-3-7-16)15-25(21)11-10-17-14-23-20-9-5-4-8-19(17)20/h1-9,14,18,23H,10-13,15H2,(H,24,27). The van der Waals surface area contributed by atoms with Gasteiger partial charge < -0.3 is 15.2 Å². The van der Waals surface area contributed by atoms with Crippen LogP contribution in [0.3, 0.4) is 0 Å². The molecule has 2 aromatic carbocycles. The molecule has 5 nitrogen and oxygen atoms in total. The summed E-state index contributed by atoms with van der Waals surface area (Å²) in [5.41, 5.74) is 3.38. The number of aromatic nitrogens is 1. The second kappa shape index (κ2) is 7.66. The van der Waals surface area contributed by atoms with Gasteiger partial charge in [0.05, 0.1) is 5.92 Å². The molecule has 2 N–H and O–H groups in total. The molecule has 1 fully saturated rings. The molecule has 0 saturated carbocycles. The van der Waals surface area contributed by atoms with Crippen LogP contribution in [0.4, 0.5) is 0 Å². The summed E-state index contributed by atoms with van der Waals surface area (Å²) in [6.07, 6.45) is 3.10. The number of para-hydroxylation sites is 1. The van der Waals surface area contributed by atoms with Crippen LogP contribution in [-0.2, 0) is 22.6 Å². The lowest BCUT2D eigenvalue weighted by atomic mass is 10.1. The number of fused-ring (bicyclic) bond motifs is 1. The summed E-state index contributed by atoms with van der Waals surface area (Å²) < 4.78 is 0. The first kappa shape index (κ1) is 17.3. The largest absolute Gasteiger partial charge is 0.361 e. The van der Waals surface area contributed by atoms with Crippen LogP contribution < -0.4 is 5.32 Å². The highest BCUT2D eigenvalue weighted by Crippen LogP contribution is 2.21. The maximum Gasteiger partial charge on any atom is 0.225 e. The third kappa shape index (κ3) is 3.87. The van der Waals surface area contributed by atoms with Gasteiger partial charge in [-0.25, -0.2) is 0 Å². The van der Waals surface area contributed by atoms with Gasteiger partial charge in [0.2, 0.25) is 11.8 Å². The molecular formula is C22H23N3O2. The molecule has 2 amide bonds. The minimum absolute atomic E-state index is 0.0400. The third-order valence-electron chi connectivity index (χ3n) is 5.22. The molecule has 3 aromatic rings. The van der Waals surface area contributed by atoms with Crippen molar-refractivity contribution < 1.29 is 9.59 Å². The maximum atomic E-state index is 12.4. The van der Waals surface area contributed by atoms with Crippen molar-refractivity contribution in [3.05, 3.63) is 71.9 Å². The van der Waals surface area contributed by atoms with E-state index in [1.54, 1.807) is 0 Å². The van der Waals surface area contributed by atoms with Gasteiger partial charge in [0.1, 0.15) is 0 Å². The van der Waals surface area contributed by atoms with Crippen molar-refractivity contribution in [3.63, 3.8) is 0 Å². The molecule has 4 rings (SSSR count). The van der Waals surface area contributed by atoms with Crippen LogP contribution in [0, 0.1) is 5.92 Å². The Morgan fingerprint density at radius 1 is 1.11 bits per heavy atom. The first-order valence-electron chi connectivity index (χ1n) is 9.35. The molecule has 0 aliphatic carbocycles. The Balaban J connectivity index is 1.31. The predicted octanol–water partition coefficient (Wildman–Crippen LogP) is 2.88. The van der Waals surface area contributed by atoms with Crippen LogP contribution in [0.25, 0.3) is 10.9 Å². The lowest BCUT2D eigenvalue weighted by Crippen LogP contribution is -2.33. The van der Waals surface area contributed by atoms with Crippen LogP contribution in [0.2, 0.25) is 0 Å². The molecule has 1 aliphatic heterocycles. The van der Waals surface area contributed by atoms with Crippen molar-refractivity contribution in [3.8, 4) is 0 Å². The minimum Gasteiger partial charge on any atom is -0.361 e. The number of aromatic amines is 1. The van der Waals surface area contributed by atoms with Gasteiger partial charge in [0.25, 0.3) is 0 Å². The summed E-state index contributed by atoms with van der Waals surface area (Å²) in [4.78, 5) is 29.8. The summed E-state index contributed by atoms with van der Waals surface area (Å²) in [5.74, 6) is -0.235. The third-order valence-corrected chi connectivity index (χ3v) is 5.22. The van der Waals surface area contributed by atoms with Gasteiger partial charge >= 0.3 is 0 Å². The lowest BCUT2D eigenvalue weighted by Gasteiger charge is -2.16. The van der Waals surface area contributed by atoms with Crippen LogP contribution in [0.1, 0.15) is 17.5 Å². The molecule has 0 bridgehead atoms. The maximum absolute atomic E-state index is 12.4. The van der Waals surface area contributed by atoms with Crippen molar-refractivity contribution in [2.45, 2.75) is 19.4 Å². The second-order valence-electron chi connectivity index (χ2n) is 7.05. The Morgan fingerprint density at radius 2 is 1.89 bits per heavy atom. The fraction of sp³-hybridized carbons (Fsp3) is 0.273. The smallest absolute Gasteiger partial charge is 0.225 e. The monoisotopic (exact) mass is 361 g/mol. The predicted molar refractivity (Wildman–Crippen MR) is 105 cm³/mol. The highest BCUT2D eigenvalue weighted by Gasteiger charge is 2.33. The van der Waals surface area contributed by atoms with Gasteiger partial charge in [-0.15, -0.1) is 0 Å². The number of likely N-dealkylation sites (tertiary alicyclic amines) is 1. The van der Waals surface area contributed by atoms with E-state index in [1.165, 1.54) is 10.9 Å². The first-order chi connectivity index (χ1) is 13.2. The van der Waals surface area contributed by atoms with E-state index in [4.69, 9.17) is 0 Å². The van der Waals surface area contributed by atoms with Crippen molar-refractivity contribution in [2.75, 3.05) is 13.1 Å². The van der Waals surface area contributed by atoms with Crippen LogP contribution in [0.15, 0.2) is 60.8 Å². The van der Waals surface area contributed by atoms with Crippen molar-refractivity contribution in [2.24, 2.45) is 5.92 Å². The summed E-state index contributed by atoms with van der Waals surface area (Å²) in [7, 11) is 0. The number of benzene rings is 2. The number of rotatable bonds is 6. The van der Waals surface area contributed by atoms with E-state index in [2.05, 4.69) is 16.4 Å². The molecule has 138 valence electrons. The molecule has 2 heterocycles. The number of amides is 2. The Morgan fingerprint density at radius 3 is 2.74 bits per heavy atom. The molecule has 1 aromatic heterocycles. The summed E-state index contributed by atoms with van der Waals surface area (Å²) >= 11 is 0. The van der Waals surface area contributed by atoms with Crippen molar-refractivity contribution >= 4 is 22.7 Å². The normalized spacial score (nSPS) is 16.8. The average Bonchev–Trinajstić information content (AvgIpc) is 3.29. The molecule has 0 spiro atoms. The molecule has 1 aliphatic rings. The van der Waals surface area contributed by atoms with Gasteiger partial charge in [-0.1, -0.05) is 48.5 Å². The second-order valence-corrected chi connectivity index (χ2v) is 7.05. The van der Waals surface area contributed by atoms with E-state index >= 15 is 0 Å². The van der Waals surface area contributed by atoms with E-state index in [9.17, 15) is 9.59 Å². The van der Waals surface area contributed by atoms with E-state index in [-0.39, 0.29) is 17.7 Å². The molecule has 1 atom stereocenters. The van der Waals surface area contributed by atoms with Gasteiger partial charge in [0.15, 0.2) is 0 Å². The van der Waals surface area contributed by atoms with E-state index in [1.807, 2.05) is 59.6 Å². The zero-order chi connectivity index (χ0) is 18.6. The number of H-pyrrole nitrogens is 1.